The van der Waals surface area contributed by atoms with Gasteiger partial charge in [0.25, 0.3) is 11.8 Å². The summed E-state index contributed by atoms with van der Waals surface area (Å²) in [5.74, 6) is -3.64. The molecule has 8 heteroatoms. The lowest BCUT2D eigenvalue weighted by Crippen LogP contribution is -2.50. The van der Waals surface area contributed by atoms with Crippen LogP contribution in [0.3, 0.4) is 0 Å². The fraction of sp³-hybridized carbons (Fsp3) is 0.429. The van der Waals surface area contributed by atoms with Crippen LogP contribution in [-0.2, 0) is 19.3 Å². The molecule has 1 amide bonds. The van der Waals surface area contributed by atoms with Gasteiger partial charge in [-0.3, -0.25) is 9.78 Å². The van der Waals surface area contributed by atoms with Crippen LogP contribution in [0.4, 0.5) is 22.0 Å². The van der Waals surface area contributed by atoms with Crippen molar-refractivity contribution in [2.45, 2.75) is 56.7 Å². The molecule has 1 heterocycles. The first-order valence-corrected chi connectivity index (χ1v) is 9.24. The predicted octanol–water partition coefficient (Wildman–Crippen LogP) is 4.89. The van der Waals surface area contributed by atoms with Gasteiger partial charge in [0.15, 0.2) is 0 Å². The van der Waals surface area contributed by atoms with Crippen LogP contribution in [0.1, 0.15) is 46.9 Å². The van der Waals surface area contributed by atoms with E-state index in [1.54, 1.807) is 30.3 Å². The van der Waals surface area contributed by atoms with Crippen LogP contribution in [0, 0.1) is 0 Å². The fourth-order valence-electron chi connectivity index (χ4n) is 3.70. The zero-order chi connectivity index (χ0) is 21.3. The number of hydrogen-bond donors (Lipinski definition) is 1. The lowest BCUT2D eigenvalue weighted by Gasteiger charge is -2.32. The zero-order valence-electron chi connectivity index (χ0n) is 15.8. The summed E-state index contributed by atoms with van der Waals surface area (Å²) >= 11 is 0. The van der Waals surface area contributed by atoms with E-state index in [4.69, 9.17) is 0 Å². The van der Waals surface area contributed by atoms with Crippen molar-refractivity contribution in [2.24, 2.45) is 0 Å². The number of hydrogen-bond acceptors (Lipinski definition) is 2. The van der Waals surface area contributed by atoms with Gasteiger partial charge < -0.3 is 5.32 Å². The summed E-state index contributed by atoms with van der Waals surface area (Å²) < 4.78 is 66.8. The Hall–Kier alpha value is -2.51. The summed E-state index contributed by atoms with van der Waals surface area (Å²) in [6, 6.07) is 9.84. The molecular weight excluding hydrogens is 391 g/mol. The second-order valence-corrected chi connectivity index (χ2v) is 7.83. The Balaban J connectivity index is 1.83. The third-order valence-electron chi connectivity index (χ3n) is 4.94. The van der Waals surface area contributed by atoms with Gasteiger partial charge in [-0.2, -0.15) is 13.2 Å². The second-order valence-electron chi connectivity index (χ2n) is 7.83. The van der Waals surface area contributed by atoms with Gasteiger partial charge in [-0.05, 0) is 37.0 Å². The maximum atomic E-state index is 13.7. The van der Waals surface area contributed by atoms with Crippen LogP contribution in [0.15, 0.2) is 42.6 Å². The van der Waals surface area contributed by atoms with Crippen LogP contribution in [0.25, 0.3) is 0 Å². The molecule has 3 nitrogen and oxygen atoms in total. The molecule has 0 spiro atoms. The Morgan fingerprint density at radius 2 is 1.90 bits per heavy atom. The van der Waals surface area contributed by atoms with E-state index in [-0.39, 0.29) is 30.4 Å². The van der Waals surface area contributed by atoms with E-state index < -0.39 is 36.4 Å². The van der Waals surface area contributed by atoms with Crippen molar-refractivity contribution in [1.29, 1.82) is 0 Å². The summed E-state index contributed by atoms with van der Waals surface area (Å²) in [7, 11) is 0. The third-order valence-corrected chi connectivity index (χ3v) is 4.94. The minimum Gasteiger partial charge on any atom is -0.346 e. The van der Waals surface area contributed by atoms with Gasteiger partial charge in [0, 0.05) is 24.7 Å². The summed E-state index contributed by atoms with van der Waals surface area (Å²) in [5.41, 5.74) is -0.230. The van der Waals surface area contributed by atoms with Gasteiger partial charge >= 0.3 is 6.18 Å². The zero-order valence-corrected chi connectivity index (χ0v) is 15.8. The average Bonchev–Trinajstić information content (AvgIpc) is 2.59. The SMILES string of the molecule is CC(Cc1ccccc1)(CC(F)(F)F)NC(=O)c1cnc2c(c1)CC(F)(F)CC2. The molecule has 0 fully saturated rings. The number of halogens is 5. The molecular formula is C21H21F5N2O. The van der Waals surface area contributed by atoms with Gasteiger partial charge in [-0.25, -0.2) is 8.78 Å². The van der Waals surface area contributed by atoms with E-state index in [2.05, 4.69) is 10.3 Å². The number of pyridine rings is 1. The summed E-state index contributed by atoms with van der Waals surface area (Å²) in [4.78, 5) is 16.8. The number of rotatable bonds is 5. The number of nitrogens with zero attached hydrogens (tertiary/aromatic N) is 1. The maximum absolute atomic E-state index is 13.7. The molecule has 156 valence electrons. The molecule has 1 aromatic heterocycles. The Kier molecular flexibility index (Phi) is 5.65. The third kappa shape index (κ3) is 5.74. The van der Waals surface area contributed by atoms with Crippen LogP contribution < -0.4 is 5.32 Å². The van der Waals surface area contributed by atoms with Crippen LogP contribution in [0.5, 0.6) is 0 Å². The lowest BCUT2D eigenvalue weighted by atomic mass is 9.88. The molecule has 29 heavy (non-hydrogen) atoms. The molecule has 0 radical (unpaired) electrons. The van der Waals surface area contributed by atoms with Crippen LogP contribution in [0.2, 0.25) is 0 Å². The molecule has 0 bridgehead atoms. The molecule has 1 aromatic carbocycles. The standard InChI is InChI=1S/C21H21F5N2O/c1-19(13-21(24,25)26,10-14-5-3-2-4-6-14)28-18(29)16-9-15-11-20(22,23)8-7-17(15)27-12-16/h2-6,9,12H,7-8,10-11,13H2,1H3,(H,28,29). The first kappa shape index (κ1) is 21.2. The molecule has 2 aromatic rings. The molecule has 1 unspecified atom stereocenters. The number of nitrogens with one attached hydrogen (secondary N) is 1. The van der Waals surface area contributed by atoms with Crippen molar-refractivity contribution in [1.82, 2.24) is 10.3 Å². The first-order chi connectivity index (χ1) is 13.4. The number of carbonyl (C=O) groups is 1. The Labute approximate surface area is 165 Å². The van der Waals surface area contributed by atoms with Gasteiger partial charge in [-0.1, -0.05) is 30.3 Å². The number of aromatic nitrogens is 1. The Morgan fingerprint density at radius 1 is 1.21 bits per heavy atom. The Bertz CT molecular complexity index is 882. The number of carbonyl (C=O) groups excluding carboxylic acids is 1. The van der Waals surface area contributed by atoms with Crippen molar-refractivity contribution >= 4 is 5.91 Å². The van der Waals surface area contributed by atoms with E-state index in [9.17, 15) is 26.7 Å². The topological polar surface area (TPSA) is 42.0 Å². The number of aryl methyl sites for hydroxylation is 1. The highest BCUT2D eigenvalue weighted by atomic mass is 19.4. The first-order valence-electron chi connectivity index (χ1n) is 9.24. The quantitative estimate of drug-likeness (QED) is 0.711. The molecule has 3 rings (SSSR count). The van der Waals surface area contributed by atoms with Crippen molar-refractivity contribution in [2.75, 3.05) is 0 Å². The van der Waals surface area contributed by atoms with Gasteiger partial charge in [0.05, 0.1) is 17.5 Å². The molecule has 0 saturated carbocycles. The normalized spacial score (nSPS) is 17.9. The van der Waals surface area contributed by atoms with Gasteiger partial charge in [0.2, 0.25) is 0 Å². The lowest BCUT2D eigenvalue weighted by molar-refractivity contribution is -0.147. The predicted molar refractivity (Wildman–Crippen MR) is 97.9 cm³/mol. The molecule has 1 aliphatic carbocycles. The average molecular weight is 412 g/mol. The Morgan fingerprint density at radius 3 is 2.55 bits per heavy atom. The van der Waals surface area contributed by atoms with Crippen LogP contribution >= 0.6 is 0 Å². The fourth-order valence-corrected chi connectivity index (χ4v) is 3.70. The van der Waals surface area contributed by atoms with Crippen molar-refractivity contribution in [3.8, 4) is 0 Å². The van der Waals surface area contributed by atoms with Crippen molar-refractivity contribution in [3.63, 3.8) is 0 Å². The molecule has 0 saturated heterocycles. The monoisotopic (exact) mass is 412 g/mol. The summed E-state index contributed by atoms with van der Waals surface area (Å²) in [5, 5.41) is 2.46. The van der Waals surface area contributed by atoms with E-state index in [1.165, 1.54) is 19.2 Å². The minimum absolute atomic E-state index is 0.0251. The van der Waals surface area contributed by atoms with Gasteiger partial charge in [-0.15, -0.1) is 0 Å². The molecule has 0 aliphatic heterocycles. The molecule has 1 aliphatic rings. The van der Waals surface area contributed by atoms with Crippen molar-refractivity contribution < 1.29 is 26.7 Å². The summed E-state index contributed by atoms with van der Waals surface area (Å²) in [6.45, 7) is 1.32. The van der Waals surface area contributed by atoms with E-state index in [0.717, 1.165) is 0 Å². The number of alkyl halides is 5. The smallest absolute Gasteiger partial charge is 0.346 e. The van der Waals surface area contributed by atoms with Gasteiger partial charge in [0.1, 0.15) is 0 Å². The highest BCUT2D eigenvalue weighted by molar-refractivity contribution is 5.94. The van der Waals surface area contributed by atoms with E-state index in [0.29, 0.717) is 11.3 Å². The molecule has 1 N–H and O–H groups in total. The van der Waals surface area contributed by atoms with Crippen LogP contribution in [-0.4, -0.2) is 28.5 Å². The number of amides is 1. The number of fused-ring (bicyclic) bond motifs is 1. The van der Waals surface area contributed by atoms with E-state index >= 15 is 0 Å². The van der Waals surface area contributed by atoms with Crippen molar-refractivity contribution in [3.05, 3.63) is 65.0 Å². The largest absolute Gasteiger partial charge is 0.391 e. The highest BCUT2D eigenvalue weighted by Crippen LogP contribution is 2.33. The minimum atomic E-state index is -4.49. The highest BCUT2D eigenvalue weighted by Gasteiger charge is 2.41. The maximum Gasteiger partial charge on any atom is 0.391 e. The second kappa shape index (κ2) is 7.72. The number of benzene rings is 1. The molecule has 1 atom stereocenters. The summed E-state index contributed by atoms with van der Waals surface area (Å²) in [6.07, 6.45) is -5.25. The van der Waals surface area contributed by atoms with E-state index in [1.807, 2.05) is 0 Å².